The third kappa shape index (κ3) is 3.84. The fourth-order valence-corrected chi connectivity index (χ4v) is 4.57. The van der Waals surface area contributed by atoms with Gasteiger partial charge in [-0.05, 0) is 30.9 Å². The molecule has 3 fully saturated rings. The van der Waals surface area contributed by atoms with Crippen molar-refractivity contribution in [3.8, 4) is 0 Å². The quantitative estimate of drug-likeness (QED) is 0.692. The molecule has 1 saturated carbocycles. The van der Waals surface area contributed by atoms with Crippen molar-refractivity contribution in [3.05, 3.63) is 35.1 Å². The van der Waals surface area contributed by atoms with Crippen molar-refractivity contribution < 1.29 is 41.0 Å². The lowest BCUT2D eigenvalue weighted by Gasteiger charge is -2.51. The van der Waals surface area contributed by atoms with Gasteiger partial charge in [0.1, 0.15) is 18.7 Å². The van der Waals surface area contributed by atoms with Gasteiger partial charge in [0.25, 0.3) is 5.92 Å². The average Bonchev–Trinajstić information content (AvgIpc) is 2.97. The lowest BCUT2D eigenvalue weighted by molar-refractivity contribution is -0.147. The number of nitrogens with zero attached hydrogens (tertiary/aromatic N) is 1. The standard InChI is InChI=1S/C19H20F6N2O3/c20-14-2-1-12(3-13(14)19(23,24)25)18(21,22)4-10-7-27(8-10)15(28)11-5-17(6-11)9-30-16(29)26-17/h1-3,10-11,15,28H,4-9H2,(H,26,29). The number of nitrogens with one attached hydrogen (secondary N) is 1. The third-order valence-electron chi connectivity index (χ3n) is 6.17. The summed E-state index contributed by atoms with van der Waals surface area (Å²) in [7, 11) is 0. The molecule has 2 aliphatic heterocycles. The van der Waals surface area contributed by atoms with Crippen LogP contribution in [0.5, 0.6) is 0 Å². The van der Waals surface area contributed by atoms with Gasteiger partial charge in [-0.3, -0.25) is 4.90 Å². The normalized spacial score (nSPS) is 28.6. The highest BCUT2D eigenvalue weighted by atomic mass is 19.4. The fraction of sp³-hybridized carbons (Fsp3) is 0.632. The topological polar surface area (TPSA) is 61.8 Å². The summed E-state index contributed by atoms with van der Waals surface area (Å²) in [6.07, 6.45) is -6.06. The molecule has 11 heteroatoms. The van der Waals surface area contributed by atoms with Crippen LogP contribution in [0.2, 0.25) is 0 Å². The zero-order valence-electron chi connectivity index (χ0n) is 15.7. The SMILES string of the molecule is O=C1NC2(CO1)CC(C(O)N1CC(CC(F)(F)c3ccc(F)c(C(F)(F)F)c3)C1)C2. The van der Waals surface area contributed by atoms with Gasteiger partial charge in [0.2, 0.25) is 0 Å². The Hall–Kier alpha value is -2.01. The highest BCUT2D eigenvalue weighted by Crippen LogP contribution is 2.45. The number of likely N-dealkylation sites (tertiary alicyclic amines) is 1. The number of hydrogen-bond acceptors (Lipinski definition) is 4. The van der Waals surface area contributed by atoms with Gasteiger partial charge in [0, 0.05) is 31.0 Å². The predicted octanol–water partition coefficient (Wildman–Crippen LogP) is 3.47. The van der Waals surface area contributed by atoms with Gasteiger partial charge in [0.05, 0.1) is 11.1 Å². The van der Waals surface area contributed by atoms with Crippen molar-refractivity contribution in [2.45, 2.75) is 43.1 Å². The molecule has 2 heterocycles. The number of rotatable bonds is 5. The molecular weight excluding hydrogens is 418 g/mol. The number of carbonyl (C=O) groups excluding carboxylic acids is 1. The van der Waals surface area contributed by atoms with Gasteiger partial charge in [-0.25, -0.2) is 18.0 Å². The minimum atomic E-state index is -5.06. The van der Waals surface area contributed by atoms with E-state index in [0.717, 1.165) is 0 Å². The Morgan fingerprint density at radius 2 is 1.90 bits per heavy atom. The number of alkyl carbamates (subject to hydrolysis) is 1. The molecule has 1 unspecified atom stereocenters. The number of aliphatic hydroxyl groups is 1. The van der Waals surface area contributed by atoms with Gasteiger partial charge >= 0.3 is 12.3 Å². The summed E-state index contributed by atoms with van der Waals surface area (Å²) in [5.74, 6) is -5.79. The number of benzene rings is 1. The zero-order chi connectivity index (χ0) is 21.9. The molecule has 1 amide bonds. The summed E-state index contributed by atoms with van der Waals surface area (Å²) in [4.78, 5) is 12.8. The van der Waals surface area contributed by atoms with Crippen LogP contribution < -0.4 is 5.32 Å². The first-order chi connectivity index (χ1) is 13.9. The Labute approximate surface area is 168 Å². The Morgan fingerprint density at radius 1 is 1.23 bits per heavy atom. The van der Waals surface area contributed by atoms with E-state index in [1.807, 2.05) is 0 Å². The Bertz CT molecular complexity index is 834. The van der Waals surface area contributed by atoms with Crippen molar-refractivity contribution in [1.82, 2.24) is 10.2 Å². The van der Waals surface area contributed by atoms with Crippen molar-refractivity contribution >= 4 is 6.09 Å². The summed E-state index contributed by atoms with van der Waals surface area (Å²) < 4.78 is 85.6. The van der Waals surface area contributed by atoms with Gasteiger partial charge in [0.15, 0.2) is 0 Å². The monoisotopic (exact) mass is 438 g/mol. The van der Waals surface area contributed by atoms with Gasteiger partial charge in [-0.15, -0.1) is 0 Å². The first-order valence-corrected chi connectivity index (χ1v) is 9.51. The maximum Gasteiger partial charge on any atom is 0.419 e. The second kappa shape index (κ2) is 7.01. The average molecular weight is 438 g/mol. The second-order valence-corrected chi connectivity index (χ2v) is 8.48. The minimum Gasteiger partial charge on any atom is -0.447 e. The molecule has 0 aromatic heterocycles. The molecule has 0 radical (unpaired) electrons. The maximum absolute atomic E-state index is 14.5. The van der Waals surface area contributed by atoms with Gasteiger partial charge in [-0.2, -0.15) is 13.2 Å². The highest BCUT2D eigenvalue weighted by Gasteiger charge is 2.54. The molecular formula is C19H20F6N2O3. The summed E-state index contributed by atoms with van der Waals surface area (Å²) in [6, 6.07) is 1.23. The van der Waals surface area contributed by atoms with Crippen LogP contribution in [0, 0.1) is 17.7 Å². The van der Waals surface area contributed by atoms with Crippen LogP contribution in [0.25, 0.3) is 0 Å². The number of cyclic esters (lactones) is 1. The van der Waals surface area contributed by atoms with Crippen LogP contribution in [0.15, 0.2) is 18.2 Å². The molecule has 3 aliphatic rings. The summed E-state index contributed by atoms with van der Waals surface area (Å²) in [5, 5.41) is 13.1. The van der Waals surface area contributed by atoms with Crippen molar-refractivity contribution in [1.29, 1.82) is 0 Å². The van der Waals surface area contributed by atoms with E-state index in [0.29, 0.717) is 25.0 Å². The molecule has 2 saturated heterocycles. The smallest absolute Gasteiger partial charge is 0.419 e. The van der Waals surface area contributed by atoms with Gasteiger partial charge in [-0.1, -0.05) is 6.07 Å². The van der Waals surface area contributed by atoms with Crippen LogP contribution in [0.3, 0.4) is 0 Å². The zero-order valence-corrected chi connectivity index (χ0v) is 15.7. The largest absolute Gasteiger partial charge is 0.447 e. The van der Waals surface area contributed by atoms with Crippen LogP contribution >= 0.6 is 0 Å². The summed E-state index contributed by atoms with van der Waals surface area (Å²) in [5.41, 5.74) is -3.06. The van der Waals surface area contributed by atoms with Crippen molar-refractivity contribution in [3.63, 3.8) is 0 Å². The van der Waals surface area contributed by atoms with E-state index in [1.165, 1.54) is 0 Å². The van der Waals surface area contributed by atoms with Crippen LogP contribution in [0.1, 0.15) is 30.4 Å². The van der Waals surface area contributed by atoms with E-state index in [1.54, 1.807) is 4.90 Å². The number of amides is 1. The molecule has 1 atom stereocenters. The molecule has 1 spiro atoms. The van der Waals surface area contributed by atoms with E-state index < -0.39 is 59.2 Å². The van der Waals surface area contributed by atoms with E-state index in [4.69, 9.17) is 4.74 Å². The van der Waals surface area contributed by atoms with E-state index in [9.17, 15) is 36.2 Å². The van der Waals surface area contributed by atoms with Crippen molar-refractivity contribution in [2.24, 2.45) is 11.8 Å². The molecule has 166 valence electrons. The Kier molecular flexibility index (Phi) is 4.96. The predicted molar refractivity (Wildman–Crippen MR) is 90.9 cm³/mol. The lowest BCUT2D eigenvalue weighted by atomic mass is 9.67. The van der Waals surface area contributed by atoms with E-state index >= 15 is 0 Å². The number of aliphatic hydroxyl groups excluding tert-OH is 1. The Balaban J connectivity index is 1.31. The molecule has 30 heavy (non-hydrogen) atoms. The molecule has 1 aliphatic carbocycles. The number of ether oxygens (including phenoxy) is 1. The summed E-state index contributed by atoms with van der Waals surface area (Å²) >= 11 is 0. The van der Waals surface area contributed by atoms with Crippen LogP contribution in [-0.2, 0) is 16.8 Å². The molecule has 1 aromatic carbocycles. The fourth-order valence-electron chi connectivity index (χ4n) is 4.57. The summed E-state index contributed by atoms with van der Waals surface area (Å²) in [6.45, 7) is 0.592. The van der Waals surface area contributed by atoms with Crippen LogP contribution in [0.4, 0.5) is 31.1 Å². The van der Waals surface area contributed by atoms with Crippen molar-refractivity contribution in [2.75, 3.05) is 19.7 Å². The number of halogens is 6. The lowest BCUT2D eigenvalue weighted by Crippen LogP contribution is -2.63. The number of carbonyl (C=O) groups is 1. The molecule has 1 aromatic rings. The number of alkyl halides is 5. The first kappa shape index (κ1) is 21.2. The van der Waals surface area contributed by atoms with Gasteiger partial charge < -0.3 is 15.2 Å². The second-order valence-electron chi connectivity index (χ2n) is 8.48. The highest BCUT2D eigenvalue weighted by molar-refractivity contribution is 5.71. The van der Waals surface area contributed by atoms with Crippen LogP contribution in [-0.4, -0.2) is 47.6 Å². The number of hydrogen-bond donors (Lipinski definition) is 2. The third-order valence-corrected chi connectivity index (χ3v) is 6.17. The van der Waals surface area contributed by atoms with E-state index in [2.05, 4.69) is 5.32 Å². The molecule has 5 nitrogen and oxygen atoms in total. The molecule has 0 bridgehead atoms. The first-order valence-electron chi connectivity index (χ1n) is 9.51. The Morgan fingerprint density at radius 3 is 2.47 bits per heavy atom. The van der Waals surface area contributed by atoms with E-state index in [-0.39, 0.29) is 31.7 Å². The molecule has 4 rings (SSSR count). The minimum absolute atomic E-state index is 0.125. The molecule has 2 N–H and O–H groups in total. The maximum atomic E-state index is 14.5.